The summed E-state index contributed by atoms with van der Waals surface area (Å²) in [5.41, 5.74) is 2.39. The number of amides is 1. The number of hydrogen-bond donors (Lipinski definition) is 1. The van der Waals surface area contributed by atoms with Gasteiger partial charge in [0.15, 0.2) is 0 Å². The molecule has 6 nitrogen and oxygen atoms in total. The number of rotatable bonds is 6. The Bertz CT molecular complexity index is 1070. The Morgan fingerprint density at radius 1 is 0.933 bits per heavy atom. The van der Waals surface area contributed by atoms with Crippen molar-refractivity contribution in [3.63, 3.8) is 0 Å². The largest absolute Gasteiger partial charge is 0.351 e. The van der Waals surface area contributed by atoms with Crippen LogP contribution in [0, 0.1) is 0 Å². The number of carbonyl (C=O) groups is 1. The number of fused-ring (bicyclic) bond motifs is 1. The Labute approximate surface area is 176 Å². The number of nitrogens with zero attached hydrogens (tertiary/aromatic N) is 3. The fourth-order valence-corrected chi connectivity index (χ4v) is 4.03. The maximum absolute atomic E-state index is 12.7. The molecule has 4 rings (SSSR count). The Morgan fingerprint density at radius 2 is 1.60 bits per heavy atom. The van der Waals surface area contributed by atoms with Gasteiger partial charge in [-0.1, -0.05) is 48.5 Å². The van der Waals surface area contributed by atoms with Gasteiger partial charge in [0.2, 0.25) is 0 Å². The van der Waals surface area contributed by atoms with Gasteiger partial charge in [0.25, 0.3) is 11.5 Å². The Hall–Kier alpha value is -2.96. The molecule has 0 spiro atoms. The fourth-order valence-electron chi connectivity index (χ4n) is 4.03. The first kappa shape index (κ1) is 20.3. The maximum atomic E-state index is 12.7. The van der Waals surface area contributed by atoms with Gasteiger partial charge in [-0.2, -0.15) is 0 Å². The van der Waals surface area contributed by atoms with Crippen molar-refractivity contribution in [2.75, 3.05) is 39.3 Å². The van der Waals surface area contributed by atoms with E-state index in [0.29, 0.717) is 12.1 Å². The van der Waals surface area contributed by atoms with Crippen LogP contribution in [0.5, 0.6) is 0 Å². The highest BCUT2D eigenvalue weighted by molar-refractivity contribution is 6.06. The van der Waals surface area contributed by atoms with Gasteiger partial charge < -0.3 is 9.88 Å². The van der Waals surface area contributed by atoms with E-state index in [1.807, 2.05) is 30.3 Å². The van der Waals surface area contributed by atoms with E-state index in [0.717, 1.165) is 50.2 Å². The van der Waals surface area contributed by atoms with Crippen LogP contribution >= 0.6 is 0 Å². The van der Waals surface area contributed by atoms with Crippen LogP contribution in [0.2, 0.25) is 0 Å². The van der Waals surface area contributed by atoms with Gasteiger partial charge in [-0.3, -0.25) is 19.4 Å². The first-order valence-corrected chi connectivity index (χ1v) is 10.5. The molecule has 1 amide bonds. The molecule has 0 radical (unpaired) electrons. The van der Waals surface area contributed by atoms with Gasteiger partial charge in [0, 0.05) is 64.3 Å². The minimum absolute atomic E-state index is 0.173. The average molecular weight is 405 g/mol. The molecule has 2 aromatic carbocycles. The fraction of sp³-hybridized carbons (Fsp3) is 0.333. The molecule has 0 bridgehead atoms. The lowest BCUT2D eigenvalue weighted by atomic mass is 10.1. The number of aryl methyl sites for hydroxylation is 1. The van der Waals surface area contributed by atoms with Crippen molar-refractivity contribution in [3.8, 4) is 0 Å². The van der Waals surface area contributed by atoms with Crippen molar-refractivity contribution in [1.29, 1.82) is 0 Å². The minimum Gasteiger partial charge on any atom is -0.351 e. The van der Waals surface area contributed by atoms with Crippen molar-refractivity contribution >= 4 is 16.8 Å². The Balaban J connectivity index is 1.28. The first-order chi connectivity index (χ1) is 14.6. The SMILES string of the molecule is Cn1c(=O)cc(C(=O)NCCN2CCN(Cc3ccccc3)CC2)c2ccccc21. The highest BCUT2D eigenvalue weighted by atomic mass is 16.2. The van der Waals surface area contributed by atoms with Gasteiger partial charge in [0.1, 0.15) is 0 Å². The molecule has 1 N–H and O–H groups in total. The van der Waals surface area contributed by atoms with E-state index in [1.54, 1.807) is 11.6 Å². The molecular formula is C24H28N4O2. The minimum atomic E-state index is -0.188. The van der Waals surface area contributed by atoms with Gasteiger partial charge in [-0.25, -0.2) is 0 Å². The summed E-state index contributed by atoms with van der Waals surface area (Å²) in [6, 6.07) is 19.5. The second-order valence-corrected chi connectivity index (χ2v) is 7.83. The first-order valence-electron chi connectivity index (χ1n) is 10.5. The molecule has 3 aromatic rings. The molecule has 1 aliphatic heterocycles. The quantitative estimate of drug-likeness (QED) is 0.684. The molecular weight excluding hydrogens is 376 g/mol. The molecule has 0 saturated carbocycles. The molecule has 0 unspecified atom stereocenters. The van der Waals surface area contributed by atoms with Gasteiger partial charge in [-0.05, 0) is 11.6 Å². The second-order valence-electron chi connectivity index (χ2n) is 7.83. The lowest BCUT2D eigenvalue weighted by Gasteiger charge is -2.34. The van der Waals surface area contributed by atoms with Crippen molar-refractivity contribution < 1.29 is 4.79 Å². The zero-order chi connectivity index (χ0) is 20.9. The van der Waals surface area contributed by atoms with Crippen LogP contribution in [0.25, 0.3) is 10.9 Å². The van der Waals surface area contributed by atoms with Crippen LogP contribution in [0.15, 0.2) is 65.5 Å². The molecule has 0 atom stereocenters. The van der Waals surface area contributed by atoms with Gasteiger partial charge >= 0.3 is 0 Å². The van der Waals surface area contributed by atoms with Crippen LogP contribution in [0.4, 0.5) is 0 Å². The zero-order valence-corrected chi connectivity index (χ0v) is 17.4. The molecule has 1 fully saturated rings. The molecule has 156 valence electrons. The second kappa shape index (κ2) is 9.24. The number of piperazine rings is 1. The number of carbonyl (C=O) groups excluding carboxylic acids is 1. The normalized spacial score (nSPS) is 15.4. The summed E-state index contributed by atoms with van der Waals surface area (Å²) < 4.78 is 1.57. The summed E-state index contributed by atoms with van der Waals surface area (Å²) in [4.78, 5) is 29.8. The van der Waals surface area contributed by atoms with E-state index in [4.69, 9.17) is 0 Å². The predicted molar refractivity (Wildman–Crippen MR) is 120 cm³/mol. The number of pyridine rings is 1. The Kier molecular flexibility index (Phi) is 6.26. The van der Waals surface area contributed by atoms with E-state index >= 15 is 0 Å². The van der Waals surface area contributed by atoms with Crippen LogP contribution in [-0.2, 0) is 13.6 Å². The summed E-state index contributed by atoms with van der Waals surface area (Å²) in [6.07, 6.45) is 0. The molecule has 0 aliphatic carbocycles. The standard InChI is InChI=1S/C24H28N4O2/c1-26-22-10-6-5-9-20(22)21(17-23(26)29)24(30)25-11-12-27-13-15-28(16-14-27)18-19-7-3-2-4-8-19/h2-10,17H,11-16,18H2,1H3,(H,25,30). The molecule has 1 aliphatic rings. The van der Waals surface area contributed by atoms with Crippen LogP contribution in [-0.4, -0.2) is 59.5 Å². The van der Waals surface area contributed by atoms with Gasteiger partial charge in [0.05, 0.1) is 11.1 Å². The van der Waals surface area contributed by atoms with Crippen LogP contribution in [0.1, 0.15) is 15.9 Å². The molecule has 1 saturated heterocycles. The summed E-state index contributed by atoms with van der Waals surface area (Å²) in [6.45, 7) is 6.43. The van der Waals surface area contributed by atoms with Crippen LogP contribution in [0.3, 0.4) is 0 Å². The van der Waals surface area contributed by atoms with Gasteiger partial charge in [-0.15, -0.1) is 0 Å². The predicted octanol–water partition coefficient (Wildman–Crippen LogP) is 2.09. The molecule has 6 heteroatoms. The molecule has 1 aromatic heterocycles. The molecule has 30 heavy (non-hydrogen) atoms. The van der Waals surface area contributed by atoms with E-state index in [2.05, 4.69) is 39.4 Å². The number of aromatic nitrogens is 1. The van der Waals surface area contributed by atoms with Crippen molar-refractivity contribution in [1.82, 2.24) is 19.7 Å². The summed E-state index contributed by atoms with van der Waals surface area (Å²) >= 11 is 0. The highest BCUT2D eigenvalue weighted by Crippen LogP contribution is 2.16. The third-order valence-electron chi connectivity index (χ3n) is 5.83. The zero-order valence-electron chi connectivity index (χ0n) is 17.4. The maximum Gasteiger partial charge on any atom is 0.252 e. The Morgan fingerprint density at radius 3 is 2.37 bits per heavy atom. The lowest BCUT2D eigenvalue weighted by Crippen LogP contribution is -2.48. The average Bonchev–Trinajstić information content (AvgIpc) is 2.78. The summed E-state index contributed by atoms with van der Waals surface area (Å²) in [7, 11) is 1.73. The van der Waals surface area contributed by atoms with E-state index in [9.17, 15) is 9.59 Å². The van der Waals surface area contributed by atoms with Crippen LogP contribution < -0.4 is 10.9 Å². The third-order valence-corrected chi connectivity index (χ3v) is 5.83. The van der Waals surface area contributed by atoms with Crippen molar-refractivity contribution in [2.45, 2.75) is 6.54 Å². The van der Waals surface area contributed by atoms with Crippen molar-refractivity contribution in [3.05, 3.63) is 82.1 Å². The number of para-hydroxylation sites is 1. The summed E-state index contributed by atoms with van der Waals surface area (Å²) in [5.74, 6) is -0.188. The smallest absolute Gasteiger partial charge is 0.252 e. The third kappa shape index (κ3) is 4.61. The summed E-state index contributed by atoms with van der Waals surface area (Å²) in [5, 5.41) is 3.79. The number of nitrogens with one attached hydrogen (secondary N) is 1. The van der Waals surface area contributed by atoms with E-state index < -0.39 is 0 Å². The number of hydrogen-bond acceptors (Lipinski definition) is 4. The highest BCUT2D eigenvalue weighted by Gasteiger charge is 2.18. The number of benzene rings is 2. The molecule has 2 heterocycles. The topological polar surface area (TPSA) is 57.6 Å². The van der Waals surface area contributed by atoms with Crippen molar-refractivity contribution in [2.24, 2.45) is 7.05 Å². The lowest BCUT2D eigenvalue weighted by molar-refractivity contribution is 0.0935. The monoisotopic (exact) mass is 404 g/mol. The van der Waals surface area contributed by atoms with E-state index in [1.165, 1.54) is 11.6 Å². The van der Waals surface area contributed by atoms with E-state index in [-0.39, 0.29) is 11.5 Å².